The lowest BCUT2D eigenvalue weighted by Crippen LogP contribution is -2.45. The van der Waals surface area contributed by atoms with Gasteiger partial charge in [-0.15, -0.1) is 0 Å². The molecule has 3 aromatic carbocycles. The molecule has 1 heterocycles. The lowest BCUT2D eigenvalue weighted by molar-refractivity contribution is -0.136. The highest BCUT2D eigenvalue weighted by Crippen LogP contribution is 2.38. The Hall–Kier alpha value is -4.46. The van der Waals surface area contributed by atoms with Gasteiger partial charge in [-0.25, -0.2) is 9.59 Å². The molecular weight excluding hydrogens is 696 g/mol. The van der Waals surface area contributed by atoms with Crippen molar-refractivity contribution in [3.8, 4) is 23.0 Å². The Morgan fingerprint density at radius 1 is 1.06 bits per heavy atom. The molecule has 0 saturated carbocycles. The average Bonchev–Trinajstić information content (AvgIpc) is 3.04. The number of urea groups is 1. The van der Waals surface area contributed by atoms with Gasteiger partial charge in [0.15, 0.2) is 29.2 Å². The number of aliphatic hydroxyl groups is 1. The number of methoxy groups -OCH3 is 1. The van der Waals surface area contributed by atoms with Crippen LogP contribution in [0.25, 0.3) is 0 Å². The Balaban J connectivity index is 1.40. The van der Waals surface area contributed by atoms with E-state index in [0.717, 1.165) is 5.56 Å². The first-order valence-corrected chi connectivity index (χ1v) is 15.9. The van der Waals surface area contributed by atoms with Gasteiger partial charge in [-0.05, 0) is 78.2 Å². The van der Waals surface area contributed by atoms with Crippen molar-refractivity contribution in [1.82, 2.24) is 16.1 Å². The van der Waals surface area contributed by atoms with Crippen LogP contribution in [0, 0.1) is 0 Å². The quantitative estimate of drug-likeness (QED) is 0.0679. The maximum Gasteiger partial charge on any atom is 0.337 e. The maximum atomic E-state index is 12.5. The average molecular weight is 732 g/mol. The number of hydrazone groups is 1. The Kier molecular flexibility index (Phi) is 12.7. The van der Waals surface area contributed by atoms with Crippen molar-refractivity contribution in [3.05, 3.63) is 92.1 Å². The first-order valence-electron chi connectivity index (χ1n) is 14.7. The molecule has 0 fully saturated rings. The number of nitrogens with one attached hydrogen (secondary N) is 3. The Bertz CT molecular complexity index is 1650. The number of carbonyl (C=O) groups is 2. The van der Waals surface area contributed by atoms with Crippen LogP contribution < -0.4 is 35.0 Å². The molecule has 0 radical (unpaired) electrons. The van der Waals surface area contributed by atoms with E-state index < -0.39 is 24.3 Å². The van der Waals surface area contributed by atoms with Gasteiger partial charge in [-0.2, -0.15) is 5.10 Å². The van der Waals surface area contributed by atoms with E-state index in [1.165, 1.54) is 13.3 Å². The number of amides is 2. The molecule has 47 heavy (non-hydrogen) atoms. The van der Waals surface area contributed by atoms with Crippen LogP contribution in [-0.2, 0) is 16.1 Å². The molecular formula is C33H36BrClN4O8. The Morgan fingerprint density at radius 2 is 1.81 bits per heavy atom. The molecule has 2 atom stereocenters. The number of hydrogen-bond donors (Lipinski definition) is 4. The largest absolute Gasteiger partial charge is 0.490 e. The highest BCUT2D eigenvalue weighted by Gasteiger charge is 2.32. The molecule has 3 aromatic rings. The molecule has 1 aliphatic heterocycles. The van der Waals surface area contributed by atoms with Gasteiger partial charge in [0.05, 0.1) is 42.6 Å². The molecule has 4 N–H and O–H groups in total. The van der Waals surface area contributed by atoms with Gasteiger partial charge in [0, 0.05) is 16.3 Å². The summed E-state index contributed by atoms with van der Waals surface area (Å²) in [5.41, 5.74) is 5.39. The van der Waals surface area contributed by atoms with Crippen LogP contribution in [0.4, 0.5) is 4.79 Å². The van der Waals surface area contributed by atoms with Crippen LogP contribution in [0.5, 0.6) is 23.0 Å². The highest BCUT2D eigenvalue weighted by molar-refractivity contribution is 9.10. The topological polar surface area (TPSA) is 149 Å². The molecule has 0 bridgehead atoms. The van der Waals surface area contributed by atoms with Crippen LogP contribution in [0.2, 0.25) is 5.02 Å². The fraction of sp³-hybridized carbons (Fsp3) is 0.303. The van der Waals surface area contributed by atoms with Crippen molar-refractivity contribution >= 4 is 45.7 Å². The van der Waals surface area contributed by atoms with Gasteiger partial charge in [0.25, 0.3) is 0 Å². The van der Waals surface area contributed by atoms with Gasteiger partial charge in [0.2, 0.25) is 0 Å². The summed E-state index contributed by atoms with van der Waals surface area (Å²) in [4.78, 5) is 24.7. The standard InChI is InChI=1S/C33H36BrClN4O8/c1-5-44-26-15-21(30-29(32(41)43-4)19(3)37-33(42)38-30)11-12-25(26)46-18-28(40)39-36-16-20-13-23(34)31(27(14-20)45-6-2)47-17-22-9-7-8-10-24(22)35/h7-16,28,30,39-40H,5-6,17-18H2,1-4H3,(H2,37,38,42)/b36-16+/t28-,30+/m1/s1. The summed E-state index contributed by atoms with van der Waals surface area (Å²) in [6, 6.07) is 14.8. The van der Waals surface area contributed by atoms with Crippen LogP contribution in [-0.4, -0.2) is 56.5 Å². The van der Waals surface area contributed by atoms with Gasteiger partial charge in [0.1, 0.15) is 13.2 Å². The minimum absolute atomic E-state index is 0.171. The number of rotatable bonds is 15. The second kappa shape index (κ2) is 16.9. The van der Waals surface area contributed by atoms with E-state index >= 15 is 0 Å². The lowest BCUT2D eigenvalue weighted by Gasteiger charge is -2.28. The third-order valence-electron chi connectivity index (χ3n) is 6.77. The molecule has 0 aliphatic carbocycles. The van der Waals surface area contributed by atoms with E-state index in [1.807, 2.05) is 38.1 Å². The highest BCUT2D eigenvalue weighted by atomic mass is 79.9. The molecule has 4 rings (SSSR count). The summed E-state index contributed by atoms with van der Waals surface area (Å²) < 4.78 is 29.0. The molecule has 12 nitrogen and oxygen atoms in total. The zero-order chi connectivity index (χ0) is 33.9. The maximum absolute atomic E-state index is 12.5. The zero-order valence-electron chi connectivity index (χ0n) is 26.3. The normalized spacial score (nSPS) is 15.0. The van der Waals surface area contributed by atoms with Crippen LogP contribution >= 0.6 is 27.5 Å². The number of carbonyl (C=O) groups excluding carboxylic acids is 2. The van der Waals surface area contributed by atoms with Crippen LogP contribution in [0.3, 0.4) is 0 Å². The van der Waals surface area contributed by atoms with E-state index in [-0.39, 0.29) is 18.8 Å². The van der Waals surface area contributed by atoms with E-state index in [1.54, 1.807) is 37.3 Å². The number of aliphatic hydroxyl groups excluding tert-OH is 1. The van der Waals surface area contributed by atoms with Gasteiger partial charge < -0.3 is 39.4 Å². The van der Waals surface area contributed by atoms with Crippen LogP contribution in [0.15, 0.2) is 75.4 Å². The van der Waals surface area contributed by atoms with E-state index in [2.05, 4.69) is 37.1 Å². The molecule has 0 saturated heterocycles. The Morgan fingerprint density at radius 3 is 2.53 bits per heavy atom. The number of halogens is 2. The minimum Gasteiger partial charge on any atom is -0.490 e. The third-order valence-corrected chi connectivity index (χ3v) is 7.73. The number of ether oxygens (including phenoxy) is 5. The smallest absolute Gasteiger partial charge is 0.337 e. The lowest BCUT2D eigenvalue weighted by atomic mass is 9.95. The fourth-order valence-electron chi connectivity index (χ4n) is 4.65. The summed E-state index contributed by atoms with van der Waals surface area (Å²) in [5.74, 6) is 1.17. The summed E-state index contributed by atoms with van der Waals surface area (Å²) >= 11 is 9.82. The van der Waals surface area contributed by atoms with Crippen molar-refractivity contribution in [2.24, 2.45) is 5.10 Å². The van der Waals surface area contributed by atoms with E-state index in [4.69, 9.17) is 35.3 Å². The van der Waals surface area contributed by atoms with E-state index in [9.17, 15) is 14.7 Å². The number of nitrogens with zero attached hydrogens (tertiary/aromatic N) is 1. The first kappa shape index (κ1) is 35.4. The molecule has 1 aliphatic rings. The van der Waals surface area contributed by atoms with Crippen molar-refractivity contribution in [1.29, 1.82) is 0 Å². The fourth-order valence-corrected chi connectivity index (χ4v) is 5.42. The molecule has 250 valence electrons. The predicted octanol–water partition coefficient (Wildman–Crippen LogP) is 5.60. The van der Waals surface area contributed by atoms with Crippen molar-refractivity contribution in [2.45, 2.75) is 39.6 Å². The van der Waals surface area contributed by atoms with Gasteiger partial charge in [-0.1, -0.05) is 35.9 Å². The minimum atomic E-state index is -1.17. The Labute approximate surface area is 286 Å². The van der Waals surface area contributed by atoms with Gasteiger partial charge >= 0.3 is 12.0 Å². The molecule has 0 spiro atoms. The number of allylic oxidation sites excluding steroid dienone is 1. The first-order chi connectivity index (χ1) is 22.6. The summed E-state index contributed by atoms with van der Waals surface area (Å²) in [6.07, 6.45) is 0.352. The third kappa shape index (κ3) is 9.31. The summed E-state index contributed by atoms with van der Waals surface area (Å²) in [6.45, 7) is 6.14. The van der Waals surface area contributed by atoms with Crippen molar-refractivity contribution in [2.75, 3.05) is 26.9 Å². The molecule has 0 aromatic heterocycles. The SMILES string of the molecule is CCOc1cc([C@@H]2NC(=O)NC(C)=C2C(=O)OC)ccc1OC[C@@H](O)N/N=C/c1cc(Br)c(OCc2ccccc2Cl)c(OCC)c1. The number of hydrogen-bond acceptors (Lipinski definition) is 10. The van der Waals surface area contributed by atoms with E-state index in [0.29, 0.717) is 62.5 Å². The molecule has 14 heteroatoms. The predicted molar refractivity (Wildman–Crippen MR) is 180 cm³/mol. The van der Waals surface area contributed by atoms with Crippen molar-refractivity contribution in [3.63, 3.8) is 0 Å². The second-order valence-electron chi connectivity index (χ2n) is 10.1. The summed E-state index contributed by atoms with van der Waals surface area (Å²) in [5, 5.41) is 20.6. The molecule has 0 unspecified atom stereocenters. The van der Waals surface area contributed by atoms with Gasteiger partial charge in [-0.3, -0.25) is 5.43 Å². The summed E-state index contributed by atoms with van der Waals surface area (Å²) in [7, 11) is 1.27. The molecule has 2 amide bonds. The number of esters is 1. The number of benzene rings is 3. The second-order valence-corrected chi connectivity index (χ2v) is 11.3. The van der Waals surface area contributed by atoms with Crippen molar-refractivity contribution < 1.29 is 38.4 Å². The zero-order valence-corrected chi connectivity index (χ0v) is 28.6. The monoisotopic (exact) mass is 730 g/mol. The van der Waals surface area contributed by atoms with Crippen LogP contribution in [0.1, 0.15) is 43.5 Å².